The highest BCUT2D eigenvalue weighted by molar-refractivity contribution is 7.99. The maximum Gasteiger partial charge on any atom is 0.249 e. The van der Waals surface area contributed by atoms with E-state index < -0.39 is 0 Å². The lowest BCUT2D eigenvalue weighted by Gasteiger charge is -2.31. The van der Waals surface area contributed by atoms with Gasteiger partial charge in [-0.25, -0.2) is 0 Å². The normalized spacial score (nSPS) is 23.2. The van der Waals surface area contributed by atoms with E-state index in [0.717, 1.165) is 12.1 Å². The quantitative estimate of drug-likeness (QED) is 0.870. The van der Waals surface area contributed by atoms with Gasteiger partial charge in [-0.05, 0) is 30.7 Å². The van der Waals surface area contributed by atoms with Gasteiger partial charge in [0.2, 0.25) is 5.91 Å². The summed E-state index contributed by atoms with van der Waals surface area (Å²) in [6, 6.07) is 8.13. The Morgan fingerprint density at radius 3 is 2.84 bits per heavy atom. The lowest BCUT2D eigenvalue weighted by atomic mass is 9.94. The predicted octanol–water partition coefficient (Wildman–Crippen LogP) is 2.55. The minimum Gasteiger partial charge on any atom is -0.366 e. The van der Waals surface area contributed by atoms with Crippen LogP contribution in [0.5, 0.6) is 0 Å². The van der Waals surface area contributed by atoms with E-state index in [1.54, 1.807) is 6.07 Å². The first kappa shape index (κ1) is 14.4. The maximum atomic E-state index is 11.4. The molecular weight excluding hydrogens is 256 g/mol. The second-order valence-corrected chi connectivity index (χ2v) is 6.14. The van der Waals surface area contributed by atoms with Crippen LogP contribution in [0.3, 0.4) is 0 Å². The Kier molecular flexibility index (Phi) is 5.28. The molecule has 0 saturated heterocycles. The summed E-state index contributed by atoms with van der Waals surface area (Å²) in [4.78, 5) is 11.4. The molecule has 0 radical (unpaired) electrons. The minimum absolute atomic E-state index is 0.345. The first-order valence-corrected chi connectivity index (χ1v) is 8.15. The van der Waals surface area contributed by atoms with E-state index >= 15 is 0 Å². The van der Waals surface area contributed by atoms with Crippen molar-refractivity contribution in [3.05, 3.63) is 35.4 Å². The van der Waals surface area contributed by atoms with Gasteiger partial charge >= 0.3 is 0 Å². The van der Waals surface area contributed by atoms with Gasteiger partial charge in [0.05, 0.1) is 0 Å². The molecule has 3 nitrogen and oxygen atoms in total. The largest absolute Gasteiger partial charge is 0.366 e. The van der Waals surface area contributed by atoms with Crippen LogP contribution in [0, 0.1) is 0 Å². The van der Waals surface area contributed by atoms with Crippen LogP contribution >= 0.6 is 11.8 Å². The Bertz CT molecular complexity index is 436. The van der Waals surface area contributed by atoms with Crippen molar-refractivity contribution in [3.63, 3.8) is 0 Å². The predicted molar refractivity (Wildman–Crippen MR) is 81.4 cm³/mol. The van der Waals surface area contributed by atoms with E-state index in [-0.39, 0.29) is 5.91 Å². The molecule has 0 spiro atoms. The van der Waals surface area contributed by atoms with Crippen molar-refractivity contribution in [2.45, 2.75) is 43.5 Å². The zero-order valence-electron chi connectivity index (χ0n) is 11.4. The van der Waals surface area contributed by atoms with E-state index in [1.165, 1.54) is 25.7 Å². The SMILES string of the molecule is CSC1CCCCC1NCc1ccccc1C(N)=O. The van der Waals surface area contributed by atoms with Gasteiger partial charge in [-0.2, -0.15) is 11.8 Å². The van der Waals surface area contributed by atoms with Crippen molar-refractivity contribution in [1.29, 1.82) is 0 Å². The number of carbonyl (C=O) groups excluding carboxylic acids is 1. The summed E-state index contributed by atoms with van der Waals surface area (Å²) in [7, 11) is 0. The molecule has 104 valence electrons. The van der Waals surface area contributed by atoms with Gasteiger partial charge < -0.3 is 11.1 Å². The molecule has 19 heavy (non-hydrogen) atoms. The molecule has 1 amide bonds. The van der Waals surface area contributed by atoms with Gasteiger partial charge in [0.25, 0.3) is 0 Å². The van der Waals surface area contributed by atoms with Crippen LogP contribution in [0.25, 0.3) is 0 Å². The average molecular weight is 278 g/mol. The number of nitrogens with two attached hydrogens (primary N) is 1. The highest BCUT2D eigenvalue weighted by Crippen LogP contribution is 2.27. The number of benzene rings is 1. The summed E-state index contributed by atoms with van der Waals surface area (Å²) in [5.41, 5.74) is 7.04. The fourth-order valence-corrected chi connectivity index (χ4v) is 3.73. The molecule has 0 bridgehead atoms. The molecule has 0 aliphatic heterocycles. The van der Waals surface area contributed by atoms with Gasteiger partial charge in [0, 0.05) is 23.4 Å². The average Bonchev–Trinajstić information content (AvgIpc) is 2.45. The Labute approximate surface area is 119 Å². The summed E-state index contributed by atoms with van der Waals surface area (Å²) in [6.07, 6.45) is 7.33. The van der Waals surface area contributed by atoms with Crippen molar-refractivity contribution >= 4 is 17.7 Å². The maximum absolute atomic E-state index is 11.4. The standard InChI is InChI=1S/C15H22N2OS/c1-19-14-9-5-4-8-13(14)17-10-11-6-2-3-7-12(11)15(16)18/h2-3,6-7,13-14,17H,4-5,8-10H2,1H3,(H2,16,18). The molecule has 1 aliphatic carbocycles. The third kappa shape index (κ3) is 3.74. The number of nitrogens with one attached hydrogen (secondary N) is 1. The summed E-state index contributed by atoms with van der Waals surface area (Å²) < 4.78 is 0. The number of rotatable bonds is 5. The van der Waals surface area contributed by atoms with Crippen LogP contribution in [-0.4, -0.2) is 23.5 Å². The van der Waals surface area contributed by atoms with Crippen LogP contribution < -0.4 is 11.1 Å². The van der Waals surface area contributed by atoms with Crippen LogP contribution in [0.2, 0.25) is 0 Å². The monoisotopic (exact) mass is 278 g/mol. The summed E-state index contributed by atoms with van der Waals surface area (Å²) in [5, 5.41) is 4.29. The zero-order chi connectivity index (χ0) is 13.7. The number of carbonyl (C=O) groups is 1. The molecule has 1 aromatic rings. The Morgan fingerprint density at radius 1 is 1.37 bits per heavy atom. The molecule has 1 aliphatic rings. The molecular formula is C15H22N2OS. The van der Waals surface area contributed by atoms with Gasteiger partial charge in [-0.15, -0.1) is 0 Å². The van der Waals surface area contributed by atoms with E-state index in [4.69, 9.17) is 5.73 Å². The van der Waals surface area contributed by atoms with Crippen LogP contribution in [0.4, 0.5) is 0 Å². The number of amides is 1. The fraction of sp³-hybridized carbons (Fsp3) is 0.533. The van der Waals surface area contributed by atoms with Gasteiger partial charge in [-0.3, -0.25) is 4.79 Å². The molecule has 2 atom stereocenters. The second-order valence-electron chi connectivity index (χ2n) is 5.07. The first-order valence-electron chi connectivity index (χ1n) is 6.86. The van der Waals surface area contributed by atoms with Crippen molar-refractivity contribution < 1.29 is 4.79 Å². The van der Waals surface area contributed by atoms with E-state index in [0.29, 0.717) is 16.9 Å². The van der Waals surface area contributed by atoms with E-state index in [9.17, 15) is 4.79 Å². The Balaban J connectivity index is 2.00. The van der Waals surface area contributed by atoms with Gasteiger partial charge in [0.15, 0.2) is 0 Å². The molecule has 3 N–H and O–H groups in total. The van der Waals surface area contributed by atoms with E-state index in [1.807, 2.05) is 30.0 Å². The molecule has 1 aromatic carbocycles. The molecule has 0 heterocycles. The van der Waals surface area contributed by atoms with Crippen molar-refractivity contribution in [2.75, 3.05) is 6.26 Å². The summed E-state index contributed by atoms with van der Waals surface area (Å²) >= 11 is 1.95. The summed E-state index contributed by atoms with van der Waals surface area (Å²) in [6.45, 7) is 0.723. The number of primary amides is 1. The van der Waals surface area contributed by atoms with Crippen LogP contribution in [0.1, 0.15) is 41.6 Å². The van der Waals surface area contributed by atoms with Crippen molar-refractivity contribution in [3.8, 4) is 0 Å². The molecule has 1 fully saturated rings. The first-order chi connectivity index (χ1) is 9.22. The topological polar surface area (TPSA) is 55.1 Å². The van der Waals surface area contributed by atoms with Crippen molar-refractivity contribution in [2.24, 2.45) is 5.73 Å². The lowest BCUT2D eigenvalue weighted by molar-refractivity contribution is 0.0999. The smallest absolute Gasteiger partial charge is 0.249 e. The minimum atomic E-state index is -0.345. The Hall–Kier alpha value is -1.00. The zero-order valence-corrected chi connectivity index (χ0v) is 12.2. The molecule has 2 rings (SSSR count). The van der Waals surface area contributed by atoms with Crippen molar-refractivity contribution in [1.82, 2.24) is 5.32 Å². The molecule has 2 unspecified atom stereocenters. The third-order valence-corrected chi connectivity index (χ3v) is 5.01. The second kappa shape index (κ2) is 6.96. The number of hydrogen-bond donors (Lipinski definition) is 2. The van der Waals surface area contributed by atoms with Crippen LogP contribution in [-0.2, 0) is 6.54 Å². The fourth-order valence-electron chi connectivity index (χ4n) is 2.77. The molecule has 1 saturated carbocycles. The number of thioether (sulfide) groups is 1. The van der Waals surface area contributed by atoms with Gasteiger partial charge in [0.1, 0.15) is 0 Å². The number of hydrogen-bond acceptors (Lipinski definition) is 3. The highest BCUT2D eigenvalue weighted by Gasteiger charge is 2.23. The van der Waals surface area contributed by atoms with E-state index in [2.05, 4.69) is 11.6 Å². The lowest BCUT2D eigenvalue weighted by Crippen LogP contribution is -2.40. The Morgan fingerprint density at radius 2 is 2.11 bits per heavy atom. The highest BCUT2D eigenvalue weighted by atomic mass is 32.2. The molecule has 0 aromatic heterocycles. The van der Waals surface area contributed by atoms with Crippen LogP contribution in [0.15, 0.2) is 24.3 Å². The van der Waals surface area contributed by atoms with Gasteiger partial charge in [-0.1, -0.05) is 31.0 Å². The summed E-state index contributed by atoms with van der Waals surface area (Å²) in [5.74, 6) is -0.345. The third-order valence-electron chi connectivity index (χ3n) is 3.84. The molecule has 4 heteroatoms.